The number of benzene rings is 1. The maximum absolute atomic E-state index is 12.5. The van der Waals surface area contributed by atoms with Crippen molar-refractivity contribution in [3.8, 4) is 11.8 Å². The molecular weight excluding hydrogens is 245 g/mol. The minimum atomic E-state index is -4.38. The van der Waals surface area contributed by atoms with Crippen molar-refractivity contribution in [1.29, 1.82) is 0 Å². The molecule has 0 unspecified atom stereocenters. The quantitative estimate of drug-likeness (QED) is 0.821. The van der Waals surface area contributed by atoms with Crippen LogP contribution in [-0.2, 0) is 13.2 Å². The lowest BCUT2D eigenvalue weighted by molar-refractivity contribution is -0.137. The van der Waals surface area contributed by atoms with E-state index in [2.05, 4.69) is 4.98 Å². The second-order valence-electron chi connectivity index (χ2n) is 3.87. The molecule has 18 heavy (non-hydrogen) atoms. The third kappa shape index (κ3) is 2.47. The number of imidazole rings is 1. The van der Waals surface area contributed by atoms with Gasteiger partial charge in [-0.05, 0) is 25.1 Å². The Morgan fingerprint density at radius 2 is 2.00 bits per heavy atom. The van der Waals surface area contributed by atoms with E-state index in [1.165, 1.54) is 12.1 Å². The zero-order chi connectivity index (χ0) is 13.3. The van der Waals surface area contributed by atoms with Gasteiger partial charge >= 0.3 is 12.2 Å². The number of halogens is 3. The number of ether oxygens (including phenoxy) is 1. The van der Waals surface area contributed by atoms with E-state index < -0.39 is 11.7 Å². The summed E-state index contributed by atoms with van der Waals surface area (Å²) in [6, 6.07) is 4.96. The number of rotatable bonds is 2. The average Bonchev–Trinajstić information content (AvgIpc) is 2.60. The van der Waals surface area contributed by atoms with Crippen LogP contribution < -0.4 is 4.74 Å². The summed E-state index contributed by atoms with van der Waals surface area (Å²) in [5, 5.41) is 0. The van der Waals surface area contributed by atoms with E-state index in [0.717, 1.165) is 17.8 Å². The van der Waals surface area contributed by atoms with Crippen molar-refractivity contribution >= 4 is 0 Å². The second kappa shape index (κ2) is 4.36. The van der Waals surface area contributed by atoms with Crippen LogP contribution in [0.25, 0.3) is 0 Å². The Labute approximate surface area is 102 Å². The van der Waals surface area contributed by atoms with Gasteiger partial charge in [0.2, 0.25) is 0 Å². The van der Waals surface area contributed by atoms with Crippen LogP contribution in [0.3, 0.4) is 0 Å². The van der Waals surface area contributed by atoms with Crippen molar-refractivity contribution < 1.29 is 17.9 Å². The third-order valence-corrected chi connectivity index (χ3v) is 2.55. The first-order valence-electron chi connectivity index (χ1n) is 5.21. The molecule has 0 radical (unpaired) electrons. The molecule has 0 amide bonds. The summed E-state index contributed by atoms with van der Waals surface area (Å²) < 4.78 is 44.5. The fourth-order valence-corrected chi connectivity index (χ4v) is 1.41. The van der Waals surface area contributed by atoms with E-state index in [1.807, 2.05) is 6.92 Å². The van der Waals surface area contributed by atoms with Gasteiger partial charge in [-0.25, -0.2) is 4.98 Å². The van der Waals surface area contributed by atoms with Crippen molar-refractivity contribution in [3.63, 3.8) is 0 Å². The van der Waals surface area contributed by atoms with Crippen molar-refractivity contribution in [1.82, 2.24) is 9.55 Å². The van der Waals surface area contributed by atoms with Gasteiger partial charge in [0.05, 0.1) is 11.8 Å². The van der Waals surface area contributed by atoms with Gasteiger partial charge in [0, 0.05) is 12.7 Å². The highest BCUT2D eigenvalue weighted by Crippen LogP contribution is 2.32. The molecule has 96 valence electrons. The molecule has 1 aromatic heterocycles. The van der Waals surface area contributed by atoms with Crippen LogP contribution >= 0.6 is 0 Å². The predicted molar refractivity (Wildman–Crippen MR) is 59.5 cm³/mol. The molecule has 0 spiro atoms. The SMILES string of the molecule is Cc1cnc(Oc2cccc(C(F)(F)F)c2)n1C. The molecule has 0 saturated heterocycles. The van der Waals surface area contributed by atoms with Crippen LogP contribution in [0, 0.1) is 6.92 Å². The van der Waals surface area contributed by atoms with Gasteiger partial charge in [-0.2, -0.15) is 13.2 Å². The van der Waals surface area contributed by atoms with Gasteiger partial charge in [-0.3, -0.25) is 0 Å². The normalized spacial score (nSPS) is 11.6. The fraction of sp³-hybridized carbons (Fsp3) is 0.250. The highest BCUT2D eigenvalue weighted by atomic mass is 19.4. The zero-order valence-corrected chi connectivity index (χ0v) is 9.82. The minimum absolute atomic E-state index is 0.110. The van der Waals surface area contributed by atoms with E-state index in [-0.39, 0.29) is 11.8 Å². The molecule has 0 aliphatic carbocycles. The number of aryl methyl sites for hydroxylation is 1. The summed E-state index contributed by atoms with van der Waals surface area (Å²) in [7, 11) is 1.73. The number of alkyl halides is 3. The zero-order valence-electron chi connectivity index (χ0n) is 9.82. The molecular formula is C12H11F3N2O. The summed E-state index contributed by atoms with van der Waals surface area (Å²) in [6.45, 7) is 1.83. The lowest BCUT2D eigenvalue weighted by Gasteiger charge is -2.09. The third-order valence-electron chi connectivity index (χ3n) is 2.55. The molecule has 2 aromatic rings. The number of nitrogens with zero attached hydrogens (tertiary/aromatic N) is 2. The minimum Gasteiger partial charge on any atom is -0.426 e. The molecule has 0 bridgehead atoms. The van der Waals surface area contributed by atoms with Crippen LogP contribution in [0.5, 0.6) is 11.8 Å². The van der Waals surface area contributed by atoms with Crippen LogP contribution in [0.4, 0.5) is 13.2 Å². The Bertz CT molecular complexity index is 561. The van der Waals surface area contributed by atoms with Crippen LogP contribution in [0.15, 0.2) is 30.5 Å². The molecule has 0 atom stereocenters. The topological polar surface area (TPSA) is 27.1 Å². The standard InChI is InChI=1S/C12H11F3N2O/c1-8-7-16-11(17(8)2)18-10-5-3-4-9(6-10)12(13,14)15/h3-7H,1-2H3. The molecule has 6 heteroatoms. The van der Waals surface area contributed by atoms with E-state index in [0.29, 0.717) is 0 Å². The summed E-state index contributed by atoms with van der Waals surface area (Å²) >= 11 is 0. The van der Waals surface area contributed by atoms with Crippen molar-refractivity contribution in [2.75, 3.05) is 0 Å². The van der Waals surface area contributed by atoms with Gasteiger partial charge in [0.15, 0.2) is 0 Å². The molecule has 0 aliphatic rings. The van der Waals surface area contributed by atoms with Crippen molar-refractivity contribution in [2.45, 2.75) is 13.1 Å². The number of hydrogen-bond acceptors (Lipinski definition) is 2. The monoisotopic (exact) mass is 256 g/mol. The van der Waals surface area contributed by atoms with Gasteiger partial charge < -0.3 is 9.30 Å². The molecule has 0 aliphatic heterocycles. The van der Waals surface area contributed by atoms with E-state index in [9.17, 15) is 13.2 Å². The maximum atomic E-state index is 12.5. The summed E-state index contributed by atoms with van der Waals surface area (Å²) in [5.41, 5.74) is 0.114. The molecule has 0 saturated carbocycles. The van der Waals surface area contributed by atoms with Gasteiger partial charge in [-0.1, -0.05) is 6.07 Å². The van der Waals surface area contributed by atoms with Gasteiger partial charge in [0.25, 0.3) is 0 Å². The van der Waals surface area contributed by atoms with E-state index in [1.54, 1.807) is 17.8 Å². The van der Waals surface area contributed by atoms with E-state index in [4.69, 9.17) is 4.74 Å². The van der Waals surface area contributed by atoms with Gasteiger partial charge in [0.1, 0.15) is 5.75 Å². The highest BCUT2D eigenvalue weighted by Gasteiger charge is 2.30. The summed E-state index contributed by atoms with van der Waals surface area (Å²) in [6.07, 6.45) is -2.79. The highest BCUT2D eigenvalue weighted by molar-refractivity contribution is 5.32. The first-order valence-corrected chi connectivity index (χ1v) is 5.21. The smallest absolute Gasteiger partial charge is 0.416 e. The van der Waals surface area contributed by atoms with E-state index >= 15 is 0 Å². The largest absolute Gasteiger partial charge is 0.426 e. The Kier molecular flexibility index (Phi) is 3.02. The molecule has 0 fully saturated rings. The molecule has 3 nitrogen and oxygen atoms in total. The first kappa shape index (κ1) is 12.5. The van der Waals surface area contributed by atoms with Crippen LogP contribution in [0.1, 0.15) is 11.3 Å². The Hall–Kier alpha value is -1.98. The average molecular weight is 256 g/mol. The number of aromatic nitrogens is 2. The Balaban J connectivity index is 2.28. The molecule has 1 heterocycles. The van der Waals surface area contributed by atoms with Gasteiger partial charge in [-0.15, -0.1) is 0 Å². The predicted octanol–water partition coefficient (Wildman–Crippen LogP) is 3.54. The van der Waals surface area contributed by atoms with Crippen LogP contribution in [-0.4, -0.2) is 9.55 Å². The summed E-state index contributed by atoms with van der Waals surface area (Å²) in [4.78, 5) is 3.96. The second-order valence-corrected chi connectivity index (χ2v) is 3.87. The van der Waals surface area contributed by atoms with Crippen molar-refractivity contribution in [2.24, 2.45) is 7.05 Å². The maximum Gasteiger partial charge on any atom is 0.416 e. The lowest BCUT2D eigenvalue weighted by Crippen LogP contribution is -2.05. The fourth-order valence-electron chi connectivity index (χ4n) is 1.41. The summed E-state index contributed by atoms with van der Waals surface area (Å²) in [5.74, 6) is 0.110. The van der Waals surface area contributed by atoms with Crippen LogP contribution in [0.2, 0.25) is 0 Å². The Morgan fingerprint density at radius 1 is 1.28 bits per heavy atom. The lowest BCUT2D eigenvalue weighted by atomic mass is 10.2. The Morgan fingerprint density at radius 3 is 2.56 bits per heavy atom. The van der Waals surface area contributed by atoms with Crippen molar-refractivity contribution in [3.05, 3.63) is 41.7 Å². The molecule has 0 N–H and O–H groups in total. The molecule has 1 aromatic carbocycles. The molecule has 2 rings (SSSR count). The number of hydrogen-bond donors (Lipinski definition) is 0. The first-order chi connectivity index (χ1) is 8.38.